The molecule has 1 N–H and O–H groups in total. The molecule has 5 nitrogen and oxygen atoms in total. The van der Waals surface area contributed by atoms with E-state index in [4.69, 9.17) is 0 Å². The molecule has 0 aromatic heterocycles. The number of para-hydroxylation sites is 1. The van der Waals surface area contributed by atoms with Crippen molar-refractivity contribution in [2.75, 3.05) is 10.2 Å². The van der Waals surface area contributed by atoms with E-state index in [9.17, 15) is 18.8 Å². The Morgan fingerprint density at radius 1 is 0.810 bits per heavy atom. The van der Waals surface area contributed by atoms with Gasteiger partial charge in [-0.1, -0.05) is 65.7 Å². The number of hydrogen-bond donors (Lipinski definition) is 1. The van der Waals surface area contributed by atoms with Gasteiger partial charge in [-0.05, 0) is 74.4 Å². The molecule has 3 aliphatic rings. The van der Waals surface area contributed by atoms with Crippen LogP contribution in [0.3, 0.4) is 0 Å². The Kier molecular flexibility index (Phi) is 5.80. The van der Waals surface area contributed by atoms with Crippen molar-refractivity contribution in [3.05, 3.63) is 136 Å². The van der Waals surface area contributed by atoms with Gasteiger partial charge in [0.05, 0.1) is 12.0 Å². The molecule has 4 aromatic carbocycles. The number of benzene rings is 4. The van der Waals surface area contributed by atoms with E-state index in [0.717, 1.165) is 28.0 Å². The summed E-state index contributed by atoms with van der Waals surface area (Å²) in [6.45, 7) is 5.97. The molecule has 1 fully saturated rings. The molecule has 0 saturated carbocycles. The summed E-state index contributed by atoms with van der Waals surface area (Å²) in [7, 11) is 0. The van der Waals surface area contributed by atoms with Gasteiger partial charge in [0, 0.05) is 28.1 Å². The first-order chi connectivity index (χ1) is 20.2. The fourth-order valence-corrected chi connectivity index (χ4v) is 7.23. The number of carbonyl (C=O) groups excluding carboxylic acids is 3. The number of fused-ring (bicyclic) bond motifs is 6. The summed E-state index contributed by atoms with van der Waals surface area (Å²) in [6, 6.07) is 24.5. The van der Waals surface area contributed by atoms with Gasteiger partial charge in [0.25, 0.3) is 0 Å². The molecule has 42 heavy (non-hydrogen) atoms. The molecule has 1 spiro atoms. The molecular weight excluding hydrogens is 527 g/mol. The number of amides is 1. The summed E-state index contributed by atoms with van der Waals surface area (Å²) < 4.78 is 14.0. The first kappa shape index (κ1) is 26.1. The number of allylic oxidation sites excluding steroid dienone is 1. The lowest BCUT2D eigenvalue weighted by Crippen LogP contribution is -2.51. The maximum absolute atomic E-state index is 14.8. The predicted molar refractivity (Wildman–Crippen MR) is 161 cm³/mol. The minimum atomic E-state index is -1.41. The van der Waals surface area contributed by atoms with Gasteiger partial charge in [-0.25, -0.2) is 4.39 Å². The van der Waals surface area contributed by atoms with Crippen LogP contribution in [0.1, 0.15) is 49.9 Å². The fourth-order valence-electron chi connectivity index (χ4n) is 7.23. The number of halogens is 1. The summed E-state index contributed by atoms with van der Waals surface area (Å²) in [4.78, 5) is 45.9. The lowest BCUT2D eigenvalue weighted by atomic mass is 9.64. The summed E-state index contributed by atoms with van der Waals surface area (Å²) in [5.41, 5.74) is 5.44. The lowest BCUT2D eigenvalue weighted by molar-refractivity contribution is -0.121. The third-order valence-corrected chi connectivity index (χ3v) is 9.15. The minimum Gasteiger partial charge on any atom is -0.352 e. The Labute approximate surface area is 243 Å². The second-order valence-electron chi connectivity index (χ2n) is 11.6. The van der Waals surface area contributed by atoms with Crippen molar-refractivity contribution in [3.8, 4) is 0 Å². The van der Waals surface area contributed by atoms with E-state index in [1.807, 2.05) is 80.3 Å². The van der Waals surface area contributed by atoms with Crippen molar-refractivity contribution in [3.63, 3.8) is 0 Å². The molecule has 4 aromatic rings. The third-order valence-electron chi connectivity index (χ3n) is 9.15. The van der Waals surface area contributed by atoms with Gasteiger partial charge < -0.3 is 10.2 Å². The fraction of sp³-hybridized carbons (Fsp3) is 0.194. The first-order valence-electron chi connectivity index (χ1n) is 14.1. The molecule has 0 unspecified atom stereocenters. The highest BCUT2D eigenvalue weighted by Crippen LogP contribution is 2.58. The Bertz CT molecular complexity index is 1830. The highest BCUT2D eigenvalue weighted by molar-refractivity contribution is 6.18. The molecular formula is C36H29FN2O3. The van der Waals surface area contributed by atoms with Crippen molar-refractivity contribution >= 4 is 34.4 Å². The van der Waals surface area contributed by atoms with E-state index in [1.54, 1.807) is 12.1 Å². The summed E-state index contributed by atoms with van der Waals surface area (Å²) in [6.07, 6.45) is 2.04. The Balaban J connectivity index is 1.55. The van der Waals surface area contributed by atoms with Crippen LogP contribution in [0.2, 0.25) is 0 Å². The molecule has 1 amide bonds. The third kappa shape index (κ3) is 3.57. The monoisotopic (exact) mass is 556 g/mol. The average molecular weight is 557 g/mol. The molecule has 4 atom stereocenters. The zero-order valence-electron chi connectivity index (χ0n) is 23.5. The van der Waals surface area contributed by atoms with Gasteiger partial charge in [-0.2, -0.15) is 0 Å². The second kappa shape index (κ2) is 9.35. The van der Waals surface area contributed by atoms with Crippen LogP contribution in [0, 0.1) is 25.6 Å². The molecule has 0 bridgehead atoms. The van der Waals surface area contributed by atoms with E-state index in [1.165, 1.54) is 24.3 Å². The largest absolute Gasteiger partial charge is 0.352 e. The van der Waals surface area contributed by atoms with Gasteiger partial charge >= 0.3 is 0 Å². The number of carbonyl (C=O) groups is 3. The molecule has 3 heterocycles. The van der Waals surface area contributed by atoms with Gasteiger partial charge in [0.1, 0.15) is 17.3 Å². The van der Waals surface area contributed by atoms with Crippen molar-refractivity contribution in [2.45, 2.75) is 38.3 Å². The van der Waals surface area contributed by atoms with E-state index in [-0.39, 0.29) is 23.0 Å². The van der Waals surface area contributed by atoms with E-state index >= 15 is 0 Å². The van der Waals surface area contributed by atoms with Crippen molar-refractivity contribution in [1.29, 1.82) is 0 Å². The molecule has 1 saturated heterocycles. The number of hydrogen-bond acceptors (Lipinski definition) is 4. The Morgan fingerprint density at radius 3 is 2.19 bits per heavy atom. The average Bonchev–Trinajstić information content (AvgIpc) is 3.45. The summed E-state index contributed by atoms with van der Waals surface area (Å²) in [5.74, 6) is -2.50. The number of ketones is 2. The highest BCUT2D eigenvalue weighted by atomic mass is 19.1. The lowest BCUT2D eigenvalue weighted by Gasteiger charge is -2.39. The van der Waals surface area contributed by atoms with Gasteiger partial charge in [-0.3, -0.25) is 14.4 Å². The standard InChI is InChI=1S/C36H29FN2O3/c1-20-8-11-24(12-9-20)34(41)32-31(33(40)23-13-15-25(37)16-14-23)36(27-6-4-5-7-28(27)38-35(36)42)30-19-22(3)26-18-21(2)10-17-29(26)39(30)32/h4-19,30-32H,1-3H3,(H,38,42)/t30-,31-,32+,36-/m1/s1. The van der Waals surface area contributed by atoms with Crippen LogP contribution in [0.4, 0.5) is 15.8 Å². The number of anilines is 2. The van der Waals surface area contributed by atoms with Crippen molar-refractivity contribution < 1.29 is 18.8 Å². The number of nitrogens with zero attached hydrogens (tertiary/aromatic N) is 1. The molecule has 6 heteroatoms. The number of Topliss-reactive ketones (excluding diaryl/α,β-unsaturated/α-hetero) is 2. The number of rotatable bonds is 4. The van der Waals surface area contributed by atoms with Crippen LogP contribution in [0.25, 0.3) is 5.57 Å². The molecule has 208 valence electrons. The normalized spacial score (nSPS) is 23.6. The van der Waals surface area contributed by atoms with Crippen LogP contribution in [-0.4, -0.2) is 29.6 Å². The summed E-state index contributed by atoms with van der Waals surface area (Å²) >= 11 is 0. The van der Waals surface area contributed by atoms with Crippen molar-refractivity contribution in [2.24, 2.45) is 5.92 Å². The molecule has 3 aliphatic heterocycles. The van der Waals surface area contributed by atoms with Crippen molar-refractivity contribution in [1.82, 2.24) is 0 Å². The maximum atomic E-state index is 14.8. The number of nitrogens with one attached hydrogen (secondary N) is 1. The van der Waals surface area contributed by atoms with Crippen LogP contribution in [-0.2, 0) is 10.2 Å². The topological polar surface area (TPSA) is 66.5 Å². The molecule has 7 rings (SSSR count). The Hall–Kier alpha value is -4.84. The van der Waals surface area contributed by atoms with Crippen LogP contribution >= 0.6 is 0 Å². The Morgan fingerprint density at radius 2 is 1.45 bits per heavy atom. The SMILES string of the molecule is CC1=C[C@H]2N(c3ccc(C)cc31)[C@H](C(=O)c1ccc(C)cc1)[C@H](C(=O)c1ccc(F)cc1)[C@]21C(=O)Nc2ccccc21. The predicted octanol–water partition coefficient (Wildman–Crippen LogP) is 6.69. The zero-order valence-corrected chi connectivity index (χ0v) is 23.5. The maximum Gasteiger partial charge on any atom is 0.238 e. The van der Waals surface area contributed by atoms with Crippen LogP contribution in [0.5, 0.6) is 0 Å². The van der Waals surface area contributed by atoms with Gasteiger partial charge in [-0.15, -0.1) is 0 Å². The number of aryl methyl sites for hydroxylation is 2. The van der Waals surface area contributed by atoms with E-state index in [0.29, 0.717) is 16.8 Å². The van der Waals surface area contributed by atoms with Crippen LogP contribution in [0.15, 0.2) is 97.1 Å². The van der Waals surface area contributed by atoms with Gasteiger partial charge in [0.15, 0.2) is 11.6 Å². The summed E-state index contributed by atoms with van der Waals surface area (Å²) in [5, 5.41) is 3.04. The zero-order chi connectivity index (χ0) is 29.3. The van der Waals surface area contributed by atoms with E-state index < -0.39 is 29.2 Å². The minimum absolute atomic E-state index is 0.242. The van der Waals surface area contributed by atoms with Gasteiger partial charge in [0.2, 0.25) is 5.91 Å². The second-order valence-corrected chi connectivity index (χ2v) is 11.6. The molecule has 0 radical (unpaired) electrons. The highest BCUT2D eigenvalue weighted by Gasteiger charge is 2.70. The molecule has 0 aliphatic carbocycles. The smallest absolute Gasteiger partial charge is 0.238 e. The first-order valence-corrected chi connectivity index (χ1v) is 14.1. The van der Waals surface area contributed by atoms with E-state index in [2.05, 4.69) is 11.4 Å². The van der Waals surface area contributed by atoms with Crippen LogP contribution < -0.4 is 10.2 Å². The quantitative estimate of drug-likeness (QED) is 0.285.